The molecule has 0 bridgehead atoms. The summed E-state index contributed by atoms with van der Waals surface area (Å²) in [5.74, 6) is -0.0722. The van der Waals surface area contributed by atoms with E-state index in [-0.39, 0.29) is 11.7 Å². The molecule has 5 nitrogen and oxygen atoms in total. The summed E-state index contributed by atoms with van der Waals surface area (Å²) in [5, 5.41) is 0. The number of benzene rings is 3. The summed E-state index contributed by atoms with van der Waals surface area (Å²) in [5.41, 5.74) is 1.79. The Hall–Kier alpha value is -2.94. The molecular weight excluding hydrogens is 510 g/mol. The van der Waals surface area contributed by atoms with E-state index >= 15 is 0 Å². The van der Waals surface area contributed by atoms with E-state index < -0.39 is 5.97 Å². The minimum atomic E-state index is -0.525. The van der Waals surface area contributed by atoms with Crippen molar-refractivity contribution in [1.82, 2.24) is 0 Å². The number of rotatable bonds is 5. The normalized spacial score (nSPS) is 14.7. The number of anilines is 1. The van der Waals surface area contributed by atoms with Gasteiger partial charge in [0, 0.05) is 4.47 Å². The third-order valence-electron chi connectivity index (χ3n) is 4.59. The minimum Gasteiger partial charge on any atom is -0.493 e. The molecule has 1 heterocycles. The Morgan fingerprint density at radius 3 is 2.47 bits per heavy atom. The van der Waals surface area contributed by atoms with Crippen molar-refractivity contribution in [2.24, 2.45) is 0 Å². The van der Waals surface area contributed by atoms with Gasteiger partial charge in [-0.2, -0.15) is 0 Å². The molecular formula is C24H16BrNO4S2. The van der Waals surface area contributed by atoms with Gasteiger partial charge in [0.25, 0.3) is 5.91 Å². The SMILES string of the molecule is COc1ccc(/C=C2\SC(=S)N(c3ccccc3)C2=O)cc1OC(=O)c1ccccc1Br. The summed E-state index contributed by atoms with van der Waals surface area (Å²) in [6.07, 6.45) is 1.72. The lowest BCUT2D eigenvalue weighted by atomic mass is 10.1. The second kappa shape index (κ2) is 9.68. The van der Waals surface area contributed by atoms with E-state index in [0.29, 0.717) is 30.6 Å². The predicted octanol–water partition coefficient (Wildman–Crippen LogP) is 6.08. The van der Waals surface area contributed by atoms with Crippen LogP contribution in [0.15, 0.2) is 82.2 Å². The average Bonchev–Trinajstić information content (AvgIpc) is 3.07. The Morgan fingerprint density at radius 1 is 1.03 bits per heavy atom. The highest BCUT2D eigenvalue weighted by Crippen LogP contribution is 2.37. The number of carbonyl (C=O) groups is 2. The summed E-state index contributed by atoms with van der Waals surface area (Å²) in [7, 11) is 1.50. The maximum atomic E-state index is 13.0. The molecule has 32 heavy (non-hydrogen) atoms. The smallest absolute Gasteiger partial charge is 0.344 e. The van der Waals surface area contributed by atoms with Crippen LogP contribution in [0.2, 0.25) is 0 Å². The van der Waals surface area contributed by atoms with Crippen LogP contribution in [-0.4, -0.2) is 23.3 Å². The van der Waals surface area contributed by atoms with Crippen LogP contribution in [-0.2, 0) is 4.79 Å². The number of methoxy groups -OCH3 is 1. The number of nitrogens with zero attached hydrogens (tertiary/aromatic N) is 1. The van der Waals surface area contributed by atoms with Crippen LogP contribution in [0.25, 0.3) is 6.08 Å². The van der Waals surface area contributed by atoms with Gasteiger partial charge in [0.05, 0.1) is 23.3 Å². The third-order valence-corrected chi connectivity index (χ3v) is 6.58. The van der Waals surface area contributed by atoms with Gasteiger partial charge in [-0.15, -0.1) is 0 Å². The Labute approximate surface area is 203 Å². The van der Waals surface area contributed by atoms with Crippen molar-refractivity contribution in [3.63, 3.8) is 0 Å². The molecule has 1 aliphatic rings. The topological polar surface area (TPSA) is 55.8 Å². The first-order valence-corrected chi connectivity index (χ1v) is 11.5. The molecule has 3 aromatic rings. The van der Waals surface area contributed by atoms with E-state index in [1.165, 1.54) is 23.8 Å². The maximum absolute atomic E-state index is 13.0. The Morgan fingerprint density at radius 2 is 1.75 bits per heavy atom. The lowest BCUT2D eigenvalue weighted by molar-refractivity contribution is -0.113. The number of halogens is 1. The molecule has 160 valence electrons. The van der Waals surface area contributed by atoms with E-state index in [9.17, 15) is 9.59 Å². The predicted molar refractivity (Wildman–Crippen MR) is 134 cm³/mol. The molecule has 8 heteroatoms. The highest BCUT2D eigenvalue weighted by molar-refractivity contribution is 9.10. The van der Waals surface area contributed by atoms with Crippen molar-refractivity contribution in [2.45, 2.75) is 0 Å². The van der Waals surface area contributed by atoms with E-state index in [1.807, 2.05) is 36.4 Å². The fraction of sp³-hybridized carbons (Fsp3) is 0.0417. The van der Waals surface area contributed by atoms with Crippen molar-refractivity contribution in [1.29, 1.82) is 0 Å². The van der Waals surface area contributed by atoms with Gasteiger partial charge in [-0.25, -0.2) is 4.79 Å². The minimum absolute atomic E-state index is 0.200. The zero-order valence-electron chi connectivity index (χ0n) is 16.8. The van der Waals surface area contributed by atoms with Crippen LogP contribution < -0.4 is 14.4 Å². The number of hydrogen-bond acceptors (Lipinski definition) is 6. The molecule has 0 saturated carbocycles. The van der Waals surface area contributed by atoms with E-state index in [1.54, 1.807) is 42.5 Å². The van der Waals surface area contributed by atoms with Gasteiger partial charge in [-0.05, 0) is 64.0 Å². The highest BCUT2D eigenvalue weighted by Gasteiger charge is 2.33. The lowest BCUT2D eigenvalue weighted by Gasteiger charge is -2.13. The van der Waals surface area contributed by atoms with E-state index in [0.717, 1.165) is 5.69 Å². The number of thioether (sulfide) groups is 1. The first-order valence-electron chi connectivity index (χ1n) is 9.45. The number of esters is 1. The zero-order chi connectivity index (χ0) is 22.7. The maximum Gasteiger partial charge on any atom is 0.344 e. The van der Waals surface area contributed by atoms with Gasteiger partial charge in [0.2, 0.25) is 0 Å². The van der Waals surface area contributed by atoms with Gasteiger partial charge in [0.15, 0.2) is 15.8 Å². The lowest BCUT2D eigenvalue weighted by Crippen LogP contribution is -2.27. The summed E-state index contributed by atoms with van der Waals surface area (Å²) < 4.78 is 12.0. The Bertz CT molecular complexity index is 1240. The highest BCUT2D eigenvalue weighted by atomic mass is 79.9. The molecule has 0 radical (unpaired) electrons. The van der Waals surface area contributed by atoms with Crippen molar-refractivity contribution in [3.05, 3.63) is 93.3 Å². The molecule has 1 amide bonds. The summed E-state index contributed by atoms with van der Waals surface area (Å²) in [6, 6.07) is 21.4. The monoisotopic (exact) mass is 525 g/mol. The second-order valence-corrected chi connectivity index (χ2v) is 9.16. The molecule has 1 saturated heterocycles. The van der Waals surface area contributed by atoms with Crippen molar-refractivity contribution >= 4 is 67.9 Å². The van der Waals surface area contributed by atoms with Crippen LogP contribution in [0, 0.1) is 0 Å². The number of hydrogen-bond donors (Lipinski definition) is 0. The van der Waals surface area contributed by atoms with Crippen LogP contribution in [0.4, 0.5) is 5.69 Å². The van der Waals surface area contributed by atoms with E-state index in [2.05, 4.69) is 15.9 Å². The number of ether oxygens (including phenoxy) is 2. The van der Waals surface area contributed by atoms with E-state index in [4.69, 9.17) is 21.7 Å². The van der Waals surface area contributed by atoms with Crippen molar-refractivity contribution in [2.75, 3.05) is 12.0 Å². The van der Waals surface area contributed by atoms with Crippen LogP contribution in [0.3, 0.4) is 0 Å². The van der Waals surface area contributed by atoms with Gasteiger partial charge in [0.1, 0.15) is 0 Å². The average molecular weight is 526 g/mol. The zero-order valence-corrected chi connectivity index (χ0v) is 20.0. The molecule has 0 spiro atoms. The van der Waals surface area contributed by atoms with Gasteiger partial charge >= 0.3 is 5.97 Å². The molecule has 1 fully saturated rings. The molecule has 0 N–H and O–H groups in total. The van der Waals surface area contributed by atoms with Crippen LogP contribution >= 0.6 is 39.9 Å². The van der Waals surface area contributed by atoms with Crippen LogP contribution in [0.5, 0.6) is 11.5 Å². The molecule has 3 aromatic carbocycles. The third kappa shape index (κ3) is 4.62. The standard InChI is InChI=1S/C24H16BrNO4S2/c1-29-19-12-11-15(13-20(19)30-23(28)17-9-5-6-10-18(17)25)14-21-22(27)26(24(31)32-21)16-7-3-2-4-8-16/h2-14H,1H3/b21-14-. The summed E-state index contributed by atoms with van der Waals surface area (Å²) >= 11 is 10.00. The fourth-order valence-electron chi connectivity index (χ4n) is 3.06. The van der Waals surface area contributed by atoms with Crippen molar-refractivity contribution in [3.8, 4) is 11.5 Å². The van der Waals surface area contributed by atoms with Gasteiger partial charge in [-0.3, -0.25) is 9.69 Å². The number of carbonyl (C=O) groups excluding carboxylic acids is 2. The van der Waals surface area contributed by atoms with Crippen molar-refractivity contribution < 1.29 is 19.1 Å². The summed E-state index contributed by atoms with van der Waals surface area (Å²) in [4.78, 5) is 27.6. The molecule has 4 rings (SSSR count). The number of thiocarbonyl (C=S) groups is 1. The van der Waals surface area contributed by atoms with Gasteiger partial charge < -0.3 is 9.47 Å². The Balaban J connectivity index is 1.62. The number of amides is 1. The van der Waals surface area contributed by atoms with Crippen LogP contribution in [0.1, 0.15) is 15.9 Å². The molecule has 0 aliphatic carbocycles. The first-order chi connectivity index (χ1) is 15.5. The molecule has 0 atom stereocenters. The Kier molecular flexibility index (Phi) is 6.74. The first kappa shape index (κ1) is 22.3. The second-order valence-electron chi connectivity index (χ2n) is 6.63. The molecule has 0 unspecified atom stereocenters. The molecule has 0 aromatic heterocycles. The van der Waals surface area contributed by atoms with Gasteiger partial charge in [-0.1, -0.05) is 60.4 Å². The number of para-hydroxylation sites is 1. The molecule has 1 aliphatic heterocycles. The fourth-order valence-corrected chi connectivity index (χ4v) is 4.81. The largest absolute Gasteiger partial charge is 0.493 e. The quantitative estimate of drug-likeness (QED) is 0.174. The summed E-state index contributed by atoms with van der Waals surface area (Å²) in [6.45, 7) is 0.